The molecular formula is C18H14ClN3O2. The fraction of sp³-hybridized carbons (Fsp3) is 0.111. The van der Waals surface area contributed by atoms with E-state index >= 15 is 0 Å². The summed E-state index contributed by atoms with van der Waals surface area (Å²) in [5.74, 6) is 1.22. The van der Waals surface area contributed by atoms with Gasteiger partial charge in [0.25, 0.3) is 0 Å². The largest absolute Gasteiger partial charge is 0.493 e. The Morgan fingerprint density at radius 1 is 0.958 bits per heavy atom. The lowest BCUT2D eigenvalue weighted by Crippen LogP contribution is -1.95. The minimum absolute atomic E-state index is 0.184. The number of hydrogen-bond donors (Lipinski definition) is 1. The van der Waals surface area contributed by atoms with Crippen LogP contribution in [-0.2, 0) is 0 Å². The van der Waals surface area contributed by atoms with Gasteiger partial charge in [-0.25, -0.2) is 9.97 Å². The molecule has 4 aromatic rings. The summed E-state index contributed by atoms with van der Waals surface area (Å²) in [5.41, 5.74) is 3.33. The topological polar surface area (TPSA) is 60.0 Å². The van der Waals surface area contributed by atoms with Crippen LogP contribution < -0.4 is 9.47 Å². The maximum absolute atomic E-state index is 6.13. The second-order valence-electron chi connectivity index (χ2n) is 5.34. The molecule has 0 bridgehead atoms. The number of aromatic nitrogens is 3. The Hall–Kier alpha value is -2.79. The first kappa shape index (κ1) is 14.8. The van der Waals surface area contributed by atoms with E-state index in [-0.39, 0.29) is 5.28 Å². The van der Waals surface area contributed by atoms with E-state index in [0.29, 0.717) is 17.0 Å². The zero-order valence-corrected chi connectivity index (χ0v) is 13.9. The number of nitrogens with one attached hydrogen (secondary N) is 1. The van der Waals surface area contributed by atoms with Gasteiger partial charge in [-0.15, -0.1) is 0 Å². The summed E-state index contributed by atoms with van der Waals surface area (Å²) in [4.78, 5) is 12.1. The highest BCUT2D eigenvalue weighted by Crippen LogP contribution is 2.36. The van der Waals surface area contributed by atoms with Gasteiger partial charge in [-0.3, -0.25) is 0 Å². The first-order valence-corrected chi connectivity index (χ1v) is 7.75. The molecule has 6 heteroatoms. The number of halogens is 1. The molecule has 0 unspecified atom stereocenters. The smallest absolute Gasteiger partial charge is 0.223 e. The fourth-order valence-electron chi connectivity index (χ4n) is 2.83. The third kappa shape index (κ3) is 2.34. The number of ether oxygens (including phenoxy) is 2. The van der Waals surface area contributed by atoms with E-state index in [2.05, 4.69) is 15.0 Å². The Balaban J connectivity index is 2.03. The summed E-state index contributed by atoms with van der Waals surface area (Å²) >= 11 is 6.13. The lowest BCUT2D eigenvalue weighted by Gasteiger charge is -2.11. The Morgan fingerprint density at radius 2 is 1.71 bits per heavy atom. The predicted octanol–water partition coefficient (Wildman–Crippen LogP) is 4.45. The Bertz CT molecular complexity index is 1030. The first-order chi connectivity index (χ1) is 11.7. The lowest BCUT2D eigenvalue weighted by atomic mass is 10.1. The highest BCUT2D eigenvalue weighted by molar-refractivity contribution is 6.29. The van der Waals surface area contributed by atoms with E-state index in [4.69, 9.17) is 21.1 Å². The molecule has 2 aromatic carbocycles. The van der Waals surface area contributed by atoms with Gasteiger partial charge in [-0.2, -0.15) is 0 Å². The number of aromatic amines is 1. The third-order valence-corrected chi connectivity index (χ3v) is 4.13. The number of hydrogen-bond acceptors (Lipinski definition) is 4. The molecule has 0 fully saturated rings. The number of methoxy groups -OCH3 is 2. The van der Waals surface area contributed by atoms with Gasteiger partial charge < -0.3 is 14.5 Å². The van der Waals surface area contributed by atoms with Gasteiger partial charge in [0, 0.05) is 22.4 Å². The van der Waals surface area contributed by atoms with Gasteiger partial charge in [0.05, 0.1) is 31.1 Å². The first-order valence-electron chi connectivity index (χ1n) is 7.37. The summed E-state index contributed by atoms with van der Waals surface area (Å²) in [6.07, 6.45) is 0. The van der Waals surface area contributed by atoms with Gasteiger partial charge in [0.2, 0.25) is 5.28 Å². The second kappa shape index (κ2) is 5.69. The van der Waals surface area contributed by atoms with Gasteiger partial charge in [-0.1, -0.05) is 18.2 Å². The lowest BCUT2D eigenvalue weighted by molar-refractivity contribution is 0.356. The number of nitrogens with zero attached hydrogens (tertiary/aromatic N) is 2. The summed E-state index contributed by atoms with van der Waals surface area (Å²) < 4.78 is 10.7. The van der Waals surface area contributed by atoms with Crippen LogP contribution in [0.4, 0.5) is 0 Å². The molecule has 0 spiro atoms. The van der Waals surface area contributed by atoms with Crippen molar-refractivity contribution in [3.63, 3.8) is 0 Å². The highest BCUT2D eigenvalue weighted by atomic mass is 35.5. The standard InChI is InChI=1S/C18H14ClN3O2/c1-23-15-8-11-13(9-16(15)24-2)21-18(19)22-17(11)14-7-10-5-3-4-6-12(10)20-14/h3-9,20H,1-2H3. The van der Waals surface area contributed by atoms with Crippen LogP contribution in [0.1, 0.15) is 0 Å². The third-order valence-electron chi connectivity index (χ3n) is 3.96. The van der Waals surface area contributed by atoms with Crippen LogP contribution in [0.3, 0.4) is 0 Å². The number of benzene rings is 2. The summed E-state index contributed by atoms with van der Waals surface area (Å²) in [6.45, 7) is 0. The van der Waals surface area contributed by atoms with Crippen molar-refractivity contribution in [2.75, 3.05) is 14.2 Å². The van der Waals surface area contributed by atoms with Crippen LogP contribution >= 0.6 is 11.6 Å². The molecule has 0 radical (unpaired) electrons. The normalized spacial score (nSPS) is 11.1. The van der Waals surface area contributed by atoms with Crippen LogP contribution in [-0.4, -0.2) is 29.2 Å². The van der Waals surface area contributed by atoms with Crippen LogP contribution in [0.2, 0.25) is 5.28 Å². The number of para-hydroxylation sites is 1. The van der Waals surface area contributed by atoms with Crippen molar-refractivity contribution in [3.05, 3.63) is 47.7 Å². The minimum atomic E-state index is 0.184. The molecule has 0 saturated heterocycles. The van der Waals surface area contributed by atoms with E-state index in [1.807, 2.05) is 36.4 Å². The number of H-pyrrole nitrogens is 1. The van der Waals surface area contributed by atoms with E-state index in [9.17, 15) is 0 Å². The molecule has 0 aliphatic carbocycles. The van der Waals surface area contributed by atoms with Crippen molar-refractivity contribution in [2.45, 2.75) is 0 Å². The van der Waals surface area contributed by atoms with Crippen molar-refractivity contribution in [3.8, 4) is 22.9 Å². The van der Waals surface area contributed by atoms with Gasteiger partial charge in [0.15, 0.2) is 11.5 Å². The Kier molecular flexibility index (Phi) is 3.50. The van der Waals surface area contributed by atoms with Crippen LogP contribution in [0, 0.1) is 0 Å². The molecule has 0 aliphatic heterocycles. The molecule has 5 nitrogen and oxygen atoms in total. The quantitative estimate of drug-likeness (QED) is 0.560. The molecule has 1 N–H and O–H groups in total. The molecule has 0 saturated carbocycles. The zero-order valence-electron chi connectivity index (χ0n) is 13.1. The van der Waals surface area contributed by atoms with Crippen LogP contribution in [0.25, 0.3) is 33.2 Å². The van der Waals surface area contributed by atoms with Crippen LogP contribution in [0.5, 0.6) is 11.5 Å². The van der Waals surface area contributed by atoms with E-state index in [0.717, 1.165) is 27.7 Å². The fourth-order valence-corrected chi connectivity index (χ4v) is 3.01. The number of rotatable bonds is 3. The highest BCUT2D eigenvalue weighted by Gasteiger charge is 2.15. The summed E-state index contributed by atoms with van der Waals surface area (Å²) in [5, 5.41) is 2.13. The maximum atomic E-state index is 6.13. The van der Waals surface area contributed by atoms with Crippen molar-refractivity contribution in [1.29, 1.82) is 0 Å². The van der Waals surface area contributed by atoms with Crippen molar-refractivity contribution in [1.82, 2.24) is 15.0 Å². The van der Waals surface area contributed by atoms with E-state index in [1.54, 1.807) is 20.3 Å². The average molecular weight is 340 g/mol. The molecule has 0 atom stereocenters. The molecule has 120 valence electrons. The summed E-state index contributed by atoms with van der Waals surface area (Å²) in [7, 11) is 3.19. The van der Waals surface area contributed by atoms with Crippen molar-refractivity contribution < 1.29 is 9.47 Å². The molecule has 0 aliphatic rings. The molecule has 2 heterocycles. The Labute approximate surface area is 143 Å². The number of fused-ring (bicyclic) bond motifs is 2. The summed E-state index contributed by atoms with van der Waals surface area (Å²) in [6, 6.07) is 13.8. The second-order valence-corrected chi connectivity index (χ2v) is 5.67. The van der Waals surface area contributed by atoms with Gasteiger partial charge in [0.1, 0.15) is 0 Å². The van der Waals surface area contributed by atoms with Crippen LogP contribution in [0.15, 0.2) is 42.5 Å². The Morgan fingerprint density at radius 3 is 2.46 bits per heavy atom. The minimum Gasteiger partial charge on any atom is -0.493 e. The molecule has 24 heavy (non-hydrogen) atoms. The molecule has 0 amide bonds. The zero-order chi connectivity index (χ0) is 16.7. The maximum Gasteiger partial charge on any atom is 0.223 e. The predicted molar refractivity (Wildman–Crippen MR) is 94.9 cm³/mol. The van der Waals surface area contributed by atoms with Crippen molar-refractivity contribution in [2.24, 2.45) is 0 Å². The van der Waals surface area contributed by atoms with Gasteiger partial charge in [-0.05, 0) is 29.8 Å². The van der Waals surface area contributed by atoms with E-state index in [1.165, 1.54) is 0 Å². The van der Waals surface area contributed by atoms with Gasteiger partial charge >= 0.3 is 0 Å². The SMILES string of the molecule is COc1cc2nc(Cl)nc(-c3cc4ccccc4[nH]3)c2cc1OC. The molecular weight excluding hydrogens is 326 g/mol. The van der Waals surface area contributed by atoms with Crippen molar-refractivity contribution >= 4 is 33.4 Å². The van der Waals surface area contributed by atoms with E-state index < -0.39 is 0 Å². The molecule has 4 rings (SSSR count). The monoisotopic (exact) mass is 339 g/mol. The average Bonchev–Trinajstić information content (AvgIpc) is 3.03. The molecule has 2 aromatic heterocycles.